The van der Waals surface area contributed by atoms with Crippen LogP contribution in [0, 0.1) is 5.41 Å². The first kappa shape index (κ1) is 20.7. The van der Waals surface area contributed by atoms with Gasteiger partial charge in [0.15, 0.2) is 0 Å². The minimum absolute atomic E-state index is 0.497. The van der Waals surface area contributed by atoms with Crippen LogP contribution in [0.3, 0.4) is 0 Å². The molecule has 0 amide bonds. The van der Waals surface area contributed by atoms with E-state index in [0.717, 1.165) is 0 Å². The van der Waals surface area contributed by atoms with E-state index in [1.807, 2.05) is 27.7 Å². The molecule has 0 aromatic carbocycles. The standard InChI is InChI=1S/C10H22S.2C2H6/c1-5-6-7-10(3,4)8-9(2)11;2*1-2/h9,11H,5-8H2,1-4H3;2*1-2H3. The molecule has 15 heavy (non-hydrogen) atoms. The van der Waals surface area contributed by atoms with Crippen molar-refractivity contribution in [3.05, 3.63) is 0 Å². The lowest BCUT2D eigenvalue weighted by Gasteiger charge is -2.25. The smallest absolute Gasteiger partial charge is 0.000651 e. The average molecular weight is 234 g/mol. The second kappa shape index (κ2) is 14.3. The van der Waals surface area contributed by atoms with Crippen molar-refractivity contribution < 1.29 is 0 Å². The Morgan fingerprint density at radius 2 is 1.47 bits per heavy atom. The second-order valence-corrected chi connectivity index (χ2v) is 5.20. The monoisotopic (exact) mass is 234 g/mol. The minimum atomic E-state index is 0.497. The lowest BCUT2D eigenvalue weighted by Crippen LogP contribution is -2.15. The summed E-state index contributed by atoms with van der Waals surface area (Å²) in [5.41, 5.74) is 0.497. The molecule has 1 unspecified atom stereocenters. The van der Waals surface area contributed by atoms with Crippen LogP contribution in [-0.4, -0.2) is 5.25 Å². The molecular formula is C14H34S. The average Bonchev–Trinajstić information content (AvgIpc) is 2.19. The van der Waals surface area contributed by atoms with E-state index in [4.69, 9.17) is 0 Å². The molecule has 0 aromatic rings. The molecule has 1 heteroatoms. The van der Waals surface area contributed by atoms with Gasteiger partial charge in [0.2, 0.25) is 0 Å². The predicted octanol–water partition coefficient (Wildman–Crippen LogP) is 5.96. The topological polar surface area (TPSA) is 0 Å². The van der Waals surface area contributed by atoms with E-state index >= 15 is 0 Å². The maximum atomic E-state index is 4.41. The molecule has 0 saturated heterocycles. The summed E-state index contributed by atoms with van der Waals surface area (Å²) in [4.78, 5) is 0. The molecule has 96 valence electrons. The Balaban J connectivity index is -0.000000318. The summed E-state index contributed by atoms with van der Waals surface area (Å²) in [6.45, 7) is 17.1. The van der Waals surface area contributed by atoms with Crippen LogP contribution in [0.5, 0.6) is 0 Å². The van der Waals surface area contributed by atoms with Crippen molar-refractivity contribution in [2.24, 2.45) is 5.41 Å². The molecule has 0 aliphatic rings. The molecule has 0 nitrogen and oxygen atoms in total. The fourth-order valence-corrected chi connectivity index (χ4v) is 2.05. The first-order valence-electron chi connectivity index (χ1n) is 6.66. The van der Waals surface area contributed by atoms with Crippen LogP contribution < -0.4 is 0 Å². The van der Waals surface area contributed by atoms with Gasteiger partial charge in [-0.1, -0.05) is 68.2 Å². The summed E-state index contributed by atoms with van der Waals surface area (Å²) < 4.78 is 0. The number of thiol groups is 1. The van der Waals surface area contributed by atoms with E-state index in [0.29, 0.717) is 10.7 Å². The Morgan fingerprint density at radius 3 is 1.73 bits per heavy atom. The third kappa shape index (κ3) is 20.4. The van der Waals surface area contributed by atoms with Gasteiger partial charge in [-0.3, -0.25) is 0 Å². The van der Waals surface area contributed by atoms with Gasteiger partial charge in [0.1, 0.15) is 0 Å². The molecule has 0 fully saturated rings. The molecule has 0 bridgehead atoms. The van der Waals surface area contributed by atoms with Crippen molar-refractivity contribution in [2.75, 3.05) is 0 Å². The van der Waals surface area contributed by atoms with E-state index in [1.165, 1.54) is 25.7 Å². The zero-order valence-electron chi connectivity index (χ0n) is 12.4. The zero-order chi connectivity index (χ0) is 12.9. The molecule has 0 aromatic heterocycles. The fourth-order valence-electron chi connectivity index (χ4n) is 1.56. The normalized spacial score (nSPS) is 11.8. The van der Waals surface area contributed by atoms with Crippen molar-refractivity contribution in [1.82, 2.24) is 0 Å². The highest BCUT2D eigenvalue weighted by Crippen LogP contribution is 2.30. The maximum Gasteiger partial charge on any atom is -0.000651 e. The largest absolute Gasteiger partial charge is 0.176 e. The molecule has 0 saturated carbocycles. The molecule has 0 heterocycles. The SMILES string of the molecule is CC.CC.CCCCC(C)(C)CC(C)S. The molecular weight excluding hydrogens is 200 g/mol. The van der Waals surface area contributed by atoms with Gasteiger partial charge >= 0.3 is 0 Å². The Morgan fingerprint density at radius 1 is 1.07 bits per heavy atom. The van der Waals surface area contributed by atoms with Crippen molar-refractivity contribution in [3.63, 3.8) is 0 Å². The van der Waals surface area contributed by atoms with Crippen LogP contribution in [0.4, 0.5) is 0 Å². The number of hydrogen-bond acceptors (Lipinski definition) is 1. The van der Waals surface area contributed by atoms with E-state index in [2.05, 4.69) is 40.3 Å². The lowest BCUT2D eigenvalue weighted by atomic mass is 9.83. The van der Waals surface area contributed by atoms with Crippen LogP contribution >= 0.6 is 12.6 Å². The summed E-state index contributed by atoms with van der Waals surface area (Å²) in [7, 11) is 0. The molecule has 0 aliphatic carbocycles. The third-order valence-corrected chi connectivity index (χ3v) is 2.24. The van der Waals surface area contributed by atoms with Crippen molar-refractivity contribution in [1.29, 1.82) is 0 Å². The summed E-state index contributed by atoms with van der Waals surface area (Å²) in [6, 6.07) is 0. The van der Waals surface area contributed by atoms with E-state index in [1.54, 1.807) is 0 Å². The minimum Gasteiger partial charge on any atom is -0.176 e. The van der Waals surface area contributed by atoms with E-state index in [9.17, 15) is 0 Å². The van der Waals surface area contributed by atoms with Gasteiger partial charge in [-0.15, -0.1) is 0 Å². The van der Waals surface area contributed by atoms with Gasteiger partial charge in [-0.05, 0) is 23.5 Å². The zero-order valence-corrected chi connectivity index (χ0v) is 13.2. The van der Waals surface area contributed by atoms with Crippen LogP contribution in [0.25, 0.3) is 0 Å². The highest BCUT2D eigenvalue weighted by Gasteiger charge is 2.18. The predicted molar refractivity (Wildman–Crippen MR) is 79.1 cm³/mol. The lowest BCUT2D eigenvalue weighted by molar-refractivity contribution is 0.299. The van der Waals surface area contributed by atoms with Crippen LogP contribution in [0.1, 0.15) is 81.1 Å². The van der Waals surface area contributed by atoms with Gasteiger partial charge in [0.25, 0.3) is 0 Å². The van der Waals surface area contributed by atoms with Crippen LogP contribution in [-0.2, 0) is 0 Å². The number of unbranched alkanes of at least 4 members (excludes halogenated alkanes) is 1. The summed E-state index contributed by atoms with van der Waals surface area (Å²) >= 11 is 4.41. The van der Waals surface area contributed by atoms with E-state index in [-0.39, 0.29) is 0 Å². The quantitative estimate of drug-likeness (QED) is 0.557. The highest BCUT2D eigenvalue weighted by molar-refractivity contribution is 7.80. The first-order chi connectivity index (χ1) is 6.98. The Bertz CT molecular complexity index is 95.5. The summed E-state index contributed by atoms with van der Waals surface area (Å²) in [5, 5.41) is 0.543. The molecule has 0 aliphatic heterocycles. The van der Waals surface area contributed by atoms with Crippen molar-refractivity contribution in [2.45, 2.75) is 86.3 Å². The van der Waals surface area contributed by atoms with Gasteiger partial charge in [-0.25, -0.2) is 0 Å². The number of hydrogen-bond donors (Lipinski definition) is 1. The Hall–Kier alpha value is 0.350. The maximum absolute atomic E-state index is 4.41. The molecule has 0 spiro atoms. The van der Waals surface area contributed by atoms with Crippen molar-refractivity contribution >= 4 is 12.6 Å². The summed E-state index contributed by atoms with van der Waals surface area (Å²) in [6.07, 6.45) is 5.24. The molecule has 0 N–H and O–H groups in total. The third-order valence-electron chi connectivity index (χ3n) is 2.06. The summed E-state index contributed by atoms with van der Waals surface area (Å²) in [5.74, 6) is 0. The Labute approximate surface area is 105 Å². The van der Waals surface area contributed by atoms with Crippen LogP contribution in [0.2, 0.25) is 0 Å². The van der Waals surface area contributed by atoms with Crippen LogP contribution in [0.15, 0.2) is 0 Å². The Kier molecular flexibility index (Phi) is 19.8. The second-order valence-electron chi connectivity index (χ2n) is 4.32. The van der Waals surface area contributed by atoms with Gasteiger partial charge < -0.3 is 0 Å². The van der Waals surface area contributed by atoms with E-state index < -0.39 is 0 Å². The molecule has 0 radical (unpaired) electrons. The number of rotatable bonds is 5. The first-order valence-corrected chi connectivity index (χ1v) is 7.17. The highest BCUT2D eigenvalue weighted by atomic mass is 32.1. The van der Waals surface area contributed by atoms with Gasteiger partial charge in [0.05, 0.1) is 0 Å². The molecule has 1 atom stereocenters. The fraction of sp³-hybridized carbons (Fsp3) is 1.00. The van der Waals surface area contributed by atoms with Gasteiger partial charge in [0, 0.05) is 0 Å². The van der Waals surface area contributed by atoms with Gasteiger partial charge in [-0.2, -0.15) is 12.6 Å². The molecule has 0 rings (SSSR count). The van der Waals surface area contributed by atoms with Crippen molar-refractivity contribution in [3.8, 4) is 0 Å².